The fourth-order valence-electron chi connectivity index (χ4n) is 2.82. The van der Waals surface area contributed by atoms with Crippen molar-refractivity contribution in [2.75, 3.05) is 31.1 Å². The molecule has 8 heteroatoms. The van der Waals surface area contributed by atoms with Gasteiger partial charge in [-0.05, 0) is 48.9 Å². The zero-order valence-electron chi connectivity index (χ0n) is 13.5. The number of anilines is 1. The Balaban J connectivity index is 1.77. The Morgan fingerprint density at radius 3 is 2.32 bits per heavy atom. The van der Waals surface area contributed by atoms with Gasteiger partial charge in [0, 0.05) is 31.2 Å². The number of nitrogens with zero attached hydrogens (tertiary/aromatic N) is 2. The highest BCUT2D eigenvalue weighted by Crippen LogP contribution is 2.30. The van der Waals surface area contributed by atoms with Gasteiger partial charge >= 0.3 is 0 Å². The Morgan fingerprint density at radius 2 is 1.68 bits per heavy atom. The molecule has 0 atom stereocenters. The van der Waals surface area contributed by atoms with E-state index in [-0.39, 0.29) is 4.90 Å². The molecule has 0 saturated carbocycles. The van der Waals surface area contributed by atoms with Crippen LogP contribution in [0, 0.1) is 12.7 Å². The zero-order valence-corrected chi connectivity index (χ0v) is 15.9. The highest BCUT2D eigenvalue weighted by molar-refractivity contribution is 7.89. The monoisotopic (exact) mass is 402 g/mol. The SMILES string of the molecule is Cc1cc(S(=O)(=O)N2CCN(c3cc(Cl)ccc3Cl)CC2)ccc1F. The zero-order chi connectivity index (χ0) is 18.2. The van der Waals surface area contributed by atoms with E-state index in [0.29, 0.717) is 41.8 Å². The molecule has 4 nitrogen and oxygen atoms in total. The second-order valence-electron chi connectivity index (χ2n) is 5.90. The van der Waals surface area contributed by atoms with Crippen LogP contribution in [0.15, 0.2) is 41.3 Å². The molecule has 1 heterocycles. The molecular weight excluding hydrogens is 386 g/mol. The Hall–Kier alpha value is -1.34. The van der Waals surface area contributed by atoms with Crippen LogP contribution in [0.3, 0.4) is 0 Å². The molecule has 0 N–H and O–H groups in total. The van der Waals surface area contributed by atoms with Gasteiger partial charge in [-0.2, -0.15) is 4.31 Å². The third-order valence-electron chi connectivity index (χ3n) is 4.25. The largest absolute Gasteiger partial charge is 0.368 e. The molecule has 3 rings (SSSR count). The summed E-state index contributed by atoms with van der Waals surface area (Å²) in [6.07, 6.45) is 0. The Morgan fingerprint density at radius 1 is 1.00 bits per heavy atom. The first-order valence-electron chi connectivity index (χ1n) is 7.75. The molecule has 0 spiro atoms. The molecule has 134 valence electrons. The highest BCUT2D eigenvalue weighted by atomic mass is 35.5. The lowest BCUT2D eigenvalue weighted by atomic mass is 10.2. The maximum Gasteiger partial charge on any atom is 0.243 e. The van der Waals surface area contributed by atoms with E-state index in [1.165, 1.54) is 22.5 Å². The standard InChI is InChI=1S/C17H17Cl2FN2O2S/c1-12-10-14(3-5-16(12)20)25(23,24)22-8-6-21(7-9-22)17-11-13(18)2-4-15(17)19/h2-5,10-11H,6-9H2,1H3. The van der Waals surface area contributed by atoms with Gasteiger partial charge in [0.25, 0.3) is 0 Å². The van der Waals surface area contributed by atoms with E-state index < -0.39 is 15.8 Å². The lowest BCUT2D eigenvalue weighted by Crippen LogP contribution is -2.48. The molecule has 1 aliphatic rings. The number of hydrogen-bond donors (Lipinski definition) is 0. The molecule has 1 saturated heterocycles. The fraction of sp³-hybridized carbons (Fsp3) is 0.294. The minimum Gasteiger partial charge on any atom is -0.368 e. The average Bonchev–Trinajstić information content (AvgIpc) is 2.59. The first-order valence-corrected chi connectivity index (χ1v) is 9.95. The summed E-state index contributed by atoms with van der Waals surface area (Å²) in [5, 5.41) is 1.16. The van der Waals surface area contributed by atoms with Gasteiger partial charge in [0.1, 0.15) is 5.82 Å². The van der Waals surface area contributed by atoms with Gasteiger partial charge < -0.3 is 4.90 Å². The van der Waals surface area contributed by atoms with Crippen LogP contribution in [0.1, 0.15) is 5.56 Å². The summed E-state index contributed by atoms with van der Waals surface area (Å²) in [5.41, 5.74) is 1.11. The molecule has 0 aromatic heterocycles. The van der Waals surface area contributed by atoms with Crippen molar-refractivity contribution in [1.29, 1.82) is 0 Å². The van der Waals surface area contributed by atoms with Crippen molar-refractivity contribution in [3.8, 4) is 0 Å². The molecule has 0 aliphatic carbocycles. The number of aryl methyl sites for hydroxylation is 1. The molecule has 1 fully saturated rings. The normalized spacial score (nSPS) is 16.2. The predicted molar refractivity (Wildman–Crippen MR) is 98.6 cm³/mol. The predicted octanol–water partition coefficient (Wildman–Crippen LogP) is 3.95. The van der Waals surface area contributed by atoms with E-state index in [9.17, 15) is 12.8 Å². The number of benzene rings is 2. The van der Waals surface area contributed by atoms with Gasteiger partial charge in [0.05, 0.1) is 15.6 Å². The summed E-state index contributed by atoms with van der Waals surface area (Å²) < 4.78 is 40.3. The lowest BCUT2D eigenvalue weighted by molar-refractivity contribution is 0.385. The summed E-state index contributed by atoms with van der Waals surface area (Å²) >= 11 is 12.2. The number of halogens is 3. The quantitative estimate of drug-likeness (QED) is 0.779. The van der Waals surface area contributed by atoms with Gasteiger partial charge in [-0.1, -0.05) is 23.2 Å². The minimum absolute atomic E-state index is 0.112. The third-order valence-corrected chi connectivity index (χ3v) is 6.70. The van der Waals surface area contributed by atoms with Crippen molar-refractivity contribution in [2.24, 2.45) is 0 Å². The number of sulfonamides is 1. The smallest absolute Gasteiger partial charge is 0.243 e. The van der Waals surface area contributed by atoms with Crippen LogP contribution in [0.2, 0.25) is 10.0 Å². The van der Waals surface area contributed by atoms with Crippen LogP contribution >= 0.6 is 23.2 Å². The van der Waals surface area contributed by atoms with Crippen molar-refractivity contribution in [3.63, 3.8) is 0 Å². The van der Waals surface area contributed by atoms with Crippen LogP contribution in [0.5, 0.6) is 0 Å². The fourth-order valence-corrected chi connectivity index (χ4v) is 4.74. The number of rotatable bonds is 3. The molecule has 25 heavy (non-hydrogen) atoms. The van der Waals surface area contributed by atoms with Gasteiger partial charge in [-0.3, -0.25) is 0 Å². The summed E-state index contributed by atoms with van der Waals surface area (Å²) in [5.74, 6) is -0.417. The Kier molecular flexibility index (Phi) is 5.25. The summed E-state index contributed by atoms with van der Waals surface area (Å²) in [7, 11) is -3.64. The molecule has 0 unspecified atom stereocenters. The molecule has 1 aliphatic heterocycles. The second kappa shape index (κ2) is 7.11. The van der Waals surface area contributed by atoms with E-state index in [4.69, 9.17) is 23.2 Å². The molecule has 0 bridgehead atoms. The maximum absolute atomic E-state index is 13.4. The van der Waals surface area contributed by atoms with E-state index in [1.54, 1.807) is 25.1 Å². The van der Waals surface area contributed by atoms with Crippen LogP contribution in [0.4, 0.5) is 10.1 Å². The van der Waals surface area contributed by atoms with Crippen LogP contribution in [-0.2, 0) is 10.0 Å². The third kappa shape index (κ3) is 3.77. The van der Waals surface area contributed by atoms with Crippen molar-refractivity contribution >= 4 is 38.9 Å². The van der Waals surface area contributed by atoms with Crippen molar-refractivity contribution < 1.29 is 12.8 Å². The van der Waals surface area contributed by atoms with Gasteiger partial charge in [-0.25, -0.2) is 12.8 Å². The highest BCUT2D eigenvalue weighted by Gasteiger charge is 2.29. The van der Waals surface area contributed by atoms with Gasteiger partial charge in [0.15, 0.2) is 0 Å². The van der Waals surface area contributed by atoms with E-state index >= 15 is 0 Å². The van der Waals surface area contributed by atoms with Gasteiger partial charge in [-0.15, -0.1) is 0 Å². The van der Waals surface area contributed by atoms with Gasteiger partial charge in [0.2, 0.25) is 10.0 Å². The van der Waals surface area contributed by atoms with Crippen LogP contribution in [-0.4, -0.2) is 38.9 Å². The first kappa shape index (κ1) is 18.5. The lowest BCUT2D eigenvalue weighted by Gasteiger charge is -2.35. The van der Waals surface area contributed by atoms with Crippen LogP contribution in [0.25, 0.3) is 0 Å². The molecule has 0 radical (unpaired) electrons. The first-order chi connectivity index (χ1) is 11.8. The van der Waals surface area contributed by atoms with E-state index in [0.717, 1.165) is 5.69 Å². The summed E-state index contributed by atoms with van der Waals surface area (Å²) in [6, 6.07) is 9.07. The van der Waals surface area contributed by atoms with Crippen molar-refractivity contribution in [3.05, 3.63) is 57.8 Å². The minimum atomic E-state index is -3.64. The average molecular weight is 403 g/mol. The number of piperazine rings is 1. The topological polar surface area (TPSA) is 40.6 Å². The molecule has 0 amide bonds. The Labute approximate surface area is 156 Å². The Bertz CT molecular complexity index is 898. The molecular formula is C17H17Cl2FN2O2S. The number of hydrogen-bond acceptors (Lipinski definition) is 3. The maximum atomic E-state index is 13.4. The van der Waals surface area contributed by atoms with Crippen molar-refractivity contribution in [1.82, 2.24) is 4.31 Å². The molecule has 2 aromatic rings. The summed E-state index contributed by atoms with van der Waals surface area (Å²) in [4.78, 5) is 2.12. The van der Waals surface area contributed by atoms with Crippen molar-refractivity contribution in [2.45, 2.75) is 11.8 Å². The van der Waals surface area contributed by atoms with Crippen LogP contribution < -0.4 is 4.90 Å². The second-order valence-corrected chi connectivity index (χ2v) is 8.68. The molecule has 2 aromatic carbocycles. The van der Waals surface area contributed by atoms with E-state index in [2.05, 4.69) is 0 Å². The summed E-state index contributed by atoms with van der Waals surface area (Å²) in [6.45, 7) is 3.19. The van der Waals surface area contributed by atoms with E-state index in [1.807, 2.05) is 4.90 Å².